The first-order chi connectivity index (χ1) is 17.4. The molecule has 0 radical (unpaired) electrons. The minimum atomic E-state index is -0.119. The van der Waals surface area contributed by atoms with Crippen LogP contribution in [0.5, 0.6) is 5.75 Å². The van der Waals surface area contributed by atoms with Crippen molar-refractivity contribution in [1.82, 2.24) is 19.9 Å². The molecule has 1 N–H and O–H groups in total. The highest BCUT2D eigenvalue weighted by Gasteiger charge is 2.29. The standard InChI is InChI=1S/C31H40N4O/c1-6-8-18-35(19-9-7-2)22-31(3,4)30-33-28(23-14-16-32-17-15-23)29(34-30)26-11-10-25-21-27(36-5)13-12-24(25)20-26/h10-17,20-21H,6-9,18-19,22H2,1-5H3,(H,33,34). The molecule has 2 aromatic carbocycles. The minimum Gasteiger partial charge on any atom is -0.497 e. The fourth-order valence-electron chi connectivity index (χ4n) is 4.80. The van der Waals surface area contributed by atoms with Crippen molar-refractivity contribution in [2.24, 2.45) is 0 Å². The van der Waals surface area contributed by atoms with Gasteiger partial charge in [-0.05, 0) is 67.0 Å². The first-order valence-corrected chi connectivity index (χ1v) is 13.3. The van der Waals surface area contributed by atoms with E-state index in [0.717, 1.165) is 59.1 Å². The molecule has 5 heteroatoms. The van der Waals surface area contributed by atoms with Crippen LogP contribution in [-0.4, -0.2) is 46.6 Å². The maximum atomic E-state index is 5.41. The molecule has 5 nitrogen and oxygen atoms in total. The van der Waals surface area contributed by atoms with E-state index in [1.165, 1.54) is 31.1 Å². The van der Waals surface area contributed by atoms with E-state index < -0.39 is 0 Å². The number of nitrogens with zero attached hydrogens (tertiary/aromatic N) is 3. The van der Waals surface area contributed by atoms with E-state index in [4.69, 9.17) is 9.72 Å². The zero-order chi connectivity index (χ0) is 25.5. The molecule has 2 heterocycles. The van der Waals surface area contributed by atoms with Gasteiger partial charge in [-0.1, -0.05) is 58.7 Å². The fourth-order valence-corrected chi connectivity index (χ4v) is 4.80. The summed E-state index contributed by atoms with van der Waals surface area (Å²) in [6.45, 7) is 12.4. The van der Waals surface area contributed by atoms with Crippen LogP contribution in [-0.2, 0) is 5.41 Å². The number of benzene rings is 2. The maximum absolute atomic E-state index is 5.41. The zero-order valence-corrected chi connectivity index (χ0v) is 22.5. The summed E-state index contributed by atoms with van der Waals surface area (Å²) in [6.07, 6.45) is 8.58. The van der Waals surface area contributed by atoms with E-state index in [1.807, 2.05) is 18.5 Å². The van der Waals surface area contributed by atoms with Crippen LogP contribution in [0.25, 0.3) is 33.3 Å². The van der Waals surface area contributed by atoms with E-state index in [0.29, 0.717) is 0 Å². The lowest BCUT2D eigenvalue weighted by molar-refractivity contribution is 0.213. The summed E-state index contributed by atoms with van der Waals surface area (Å²) in [6, 6.07) is 16.8. The number of methoxy groups -OCH3 is 1. The van der Waals surface area contributed by atoms with Crippen molar-refractivity contribution in [2.75, 3.05) is 26.7 Å². The monoisotopic (exact) mass is 484 g/mol. The van der Waals surface area contributed by atoms with Crippen LogP contribution in [0, 0.1) is 0 Å². The molecule has 0 saturated carbocycles. The molecule has 190 valence electrons. The van der Waals surface area contributed by atoms with Crippen LogP contribution >= 0.6 is 0 Å². The predicted molar refractivity (Wildman–Crippen MR) is 151 cm³/mol. The van der Waals surface area contributed by atoms with Gasteiger partial charge in [0, 0.05) is 35.5 Å². The van der Waals surface area contributed by atoms with Gasteiger partial charge in [-0.15, -0.1) is 0 Å². The average molecular weight is 485 g/mol. The number of pyridine rings is 1. The molecule has 0 aliphatic heterocycles. The molecule has 0 atom stereocenters. The van der Waals surface area contributed by atoms with E-state index in [-0.39, 0.29) is 5.41 Å². The molecule has 0 saturated heterocycles. The Bertz CT molecular complexity index is 1250. The molecule has 0 fully saturated rings. The number of aromatic nitrogens is 3. The summed E-state index contributed by atoms with van der Waals surface area (Å²) >= 11 is 0. The van der Waals surface area contributed by atoms with Gasteiger partial charge in [-0.3, -0.25) is 4.98 Å². The van der Waals surface area contributed by atoms with Crippen molar-refractivity contribution < 1.29 is 4.74 Å². The third-order valence-corrected chi connectivity index (χ3v) is 6.91. The van der Waals surface area contributed by atoms with Gasteiger partial charge in [0.2, 0.25) is 0 Å². The number of ether oxygens (including phenoxy) is 1. The number of nitrogens with one attached hydrogen (secondary N) is 1. The lowest BCUT2D eigenvalue weighted by atomic mass is 9.91. The summed E-state index contributed by atoms with van der Waals surface area (Å²) < 4.78 is 5.41. The highest BCUT2D eigenvalue weighted by atomic mass is 16.5. The largest absolute Gasteiger partial charge is 0.497 e. The van der Waals surface area contributed by atoms with Gasteiger partial charge in [-0.2, -0.15) is 0 Å². The molecule has 36 heavy (non-hydrogen) atoms. The third kappa shape index (κ3) is 5.96. The van der Waals surface area contributed by atoms with Crippen LogP contribution in [0.15, 0.2) is 60.9 Å². The topological polar surface area (TPSA) is 54.0 Å². The Morgan fingerprint density at radius 3 is 2.19 bits per heavy atom. The normalized spacial score (nSPS) is 11.9. The van der Waals surface area contributed by atoms with Crippen LogP contribution in [0.1, 0.15) is 59.2 Å². The number of imidazole rings is 1. The van der Waals surface area contributed by atoms with Gasteiger partial charge < -0.3 is 14.6 Å². The Hall–Kier alpha value is -3.18. The van der Waals surface area contributed by atoms with Crippen molar-refractivity contribution in [3.05, 3.63) is 66.7 Å². The Balaban J connectivity index is 1.74. The second-order valence-corrected chi connectivity index (χ2v) is 10.3. The number of rotatable bonds is 12. The fraction of sp³-hybridized carbons (Fsp3) is 0.419. The predicted octanol–water partition coefficient (Wildman–Crippen LogP) is 7.48. The molecule has 0 amide bonds. The summed E-state index contributed by atoms with van der Waals surface area (Å²) in [5.74, 6) is 1.89. The Morgan fingerprint density at radius 2 is 1.53 bits per heavy atom. The molecule has 0 unspecified atom stereocenters. The molecule has 2 aromatic heterocycles. The van der Waals surface area contributed by atoms with Crippen LogP contribution in [0.3, 0.4) is 0 Å². The van der Waals surface area contributed by atoms with Crippen molar-refractivity contribution in [3.8, 4) is 28.3 Å². The van der Waals surface area contributed by atoms with Gasteiger partial charge in [-0.25, -0.2) is 4.98 Å². The highest BCUT2D eigenvalue weighted by molar-refractivity contribution is 5.90. The van der Waals surface area contributed by atoms with Gasteiger partial charge in [0.25, 0.3) is 0 Å². The van der Waals surface area contributed by atoms with Gasteiger partial charge >= 0.3 is 0 Å². The Kier molecular flexibility index (Phi) is 8.42. The molecule has 0 bridgehead atoms. The lowest BCUT2D eigenvalue weighted by Gasteiger charge is -2.31. The lowest BCUT2D eigenvalue weighted by Crippen LogP contribution is -2.39. The van der Waals surface area contributed by atoms with Crippen LogP contribution < -0.4 is 4.74 Å². The molecular formula is C31H40N4O. The van der Waals surface area contributed by atoms with Gasteiger partial charge in [0.05, 0.1) is 18.5 Å². The van der Waals surface area contributed by atoms with Crippen LogP contribution in [0.2, 0.25) is 0 Å². The number of H-pyrrole nitrogens is 1. The summed E-state index contributed by atoms with van der Waals surface area (Å²) in [4.78, 5) is 15.8. The maximum Gasteiger partial charge on any atom is 0.119 e. The summed E-state index contributed by atoms with van der Waals surface area (Å²) in [5, 5.41) is 2.32. The smallest absolute Gasteiger partial charge is 0.119 e. The van der Waals surface area contributed by atoms with Crippen LogP contribution in [0.4, 0.5) is 0 Å². The first kappa shape index (κ1) is 25.9. The number of unbranched alkanes of at least 4 members (excludes halogenated alkanes) is 2. The molecule has 0 aliphatic carbocycles. The number of hydrogen-bond donors (Lipinski definition) is 1. The van der Waals surface area contributed by atoms with E-state index in [1.54, 1.807) is 7.11 Å². The molecular weight excluding hydrogens is 444 g/mol. The number of hydrogen-bond acceptors (Lipinski definition) is 4. The van der Waals surface area contributed by atoms with E-state index in [9.17, 15) is 0 Å². The Labute approximate surface area is 215 Å². The Morgan fingerprint density at radius 1 is 0.861 bits per heavy atom. The zero-order valence-electron chi connectivity index (χ0n) is 22.5. The second kappa shape index (κ2) is 11.7. The van der Waals surface area contributed by atoms with Gasteiger partial charge in [0.15, 0.2) is 0 Å². The van der Waals surface area contributed by atoms with E-state index in [2.05, 4.69) is 85.0 Å². The second-order valence-electron chi connectivity index (χ2n) is 10.3. The third-order valence-electron chi connectivity index (χ3n) is 6.91. The number of aromatic amines is 1. The van der Waals surface area contributed by atoms with Gasteiger partial charge in [0.1, 0.15) is 11.6 Å². The highest BCUT2D eigenvalue weighted by Crippen LogP contribution is 2.35. The SMILES string of the molecule is CCCCN(CCCC)CC(C)(C)c1nc(-c2ccc3cc(OC)ccc3c2)c(-c2ccncc2)[nH]1. The molecule has 4 rings (SSSR count). The first-order valence-electron chi connectivity index (χ1n) is 13.3. The molecule has 0 aliphatic rings. The summed E-state index contributed by atoms with van der Waals surface area (Å²) in [5.41, 5.74) is 4.11. The van der Waals surface area contributed by atoms with Crippen molar-refractivity contribution in [3.63, 3.8) is 0 Å². The number of fused-ring (bicyclic) bond motifs is 1. The molecule has 4 aromatic rings. The van der Waals surface area contributed by atoms with Crippen molar-refractivity contribution >= 4 is 10.8 Å². The van der Waals surface area contributed by atoms with E-state index >= 15 is 0 Å². The van der Waals surface area contributed by atoms with Crippen molar-refractivity contribution in [1.29, 1.82) is 0 Å². The quantitative estimate of drug-likeness (QED) is 0.226. The molecule has 0 spiro atoms. The average Bonchev–Trinajstić information content (AvgIpc) is 3.37. The summed E-state index contributed by atoms with van der Waals surface area (Å²) in [7, 11) is 1.70. The minimum absolute atomic E-state index is 0.119. The van der Waals surface area contributed by atoms with Crippen molar-refractivity contribution in [2.45, 2.75) is 58.8 Å².